The normalized spacial score (nSPS) is 15.3. The molecule has 1 aliphatic rings. The van der Waals surface area contributed by atoms with E-state index >= 15 is 0 Å². The highest BCUT2D eigenvalue weighted by molar-refractivity contribution is 8.00. The molecule has 1 atom stereocenters. The fourth-order valence-corrected chi connectivity index (χ4v) is 7.45. The molecule has 1 aliphatic heterocycles. The highest BCUT2D eigenvalue weighted by Crippen LogP contribution is 2.45. The number of Topliss-reactive ketones (excluding diaryl/α,β-unsaturated/α-hetero) is 1. The van der Waals surface area contributed by atoms with Crippen LogP contribution in [0.1, 0.15) is 33.9 Å². The van der Waals surface area contributed by atoms with Crippen LogP contribution in [0.2, 0.25) is 0 Å². The molecule has 1 saturated heterocycles. The van der Waals surface area contributed by atoms with Crippen molar-refractivity contribution in [3.8, 4) is 17.2 Å². The first-order valence-corrected chi connectivity index (χ1v) is 17.7. The summed E-state index contributed by atoms with van der Waals surface area (Å²) in [5.74, 6) is 0.466. The van der Waals surface area contributed by atoms with Gasteiger partial charge in [0.2, 0.25) is 5.13 Å². The predicted molar refractivity (Wildman–Crippen MR) is 196 cm³/mol. The van der Waals surface area contributed by atoms with Crippen molar-refractivity contribution in [3.05, 3.63) is 167 Å². The Labute approximate surface area is 297 Å². The van der Waals surface area contributed by atoms with Crippen molar-refractivity contribution in [2.45, 2.75) is 29.7 Å². The zero-order chi connectivity index (χ0) is 34.5. The van der Waals surface area contributed by atoms with Gasteiger partial charge in [0.05, 0.1) is 11.6 Å². The number of benzene rings is 5. The van der Waals surface area contributed by atoms with Gasteiger partial charge in [-0.15, -0.1) is 10.2 Å². The minimum atomic E-state index is -0.994. The maximum Gasteiger partial charge on any atom is 0.301 e. The lowest BCUT2D eigenvalue weighted by molar-refractivity contribution is -0.132. The van der Waals surface area contributed by atoms with Crippen LogP contribution in [0.15, 0.2) is 143 Å². The summed E-state index contributed by atoms with van der Waals surface area (Å²) < 4.78 is 12.7. The van der Waals surface area contributed by atoms with Gasteiger partial charge in [-0.3, -0.25) is 14.5 Å². The van der Waals surface area contributed by atoms with E-state index in [1.165, 1.54) is 28.0 Å². The van der Waals surface area contributed by atoms with E-state index < -0.39 is 17.7 Å². The van der Waals surface area contributed by atoms with Crippen LogP contribution in [-0.2, 0) is 21.9 Å². The third-order valence-electron chi connectivity index (χ3n) is 8.02. The number of carbonyl (C=O) groups is 2. The van der Waals surface area contributed by atoms with E-state index in [4.69, 9.17) is 9.47 Å². The molecule has 1 fully saturated rings. The number of para-hydroxylation sites is 1. The van der Waals surface area contributed by atoms with Gasteiger partial charge in [0, 0.05) is 11.3 Å². The summed E-state index contributed by atoms with van der Waals surface area (Å²) in [7, 11) is 0. The average Bonchev–Trinajstić information content (AvgIpc) is 3.72. The predicted octanol–water partition coefficient (Wildman–Crippen LogP) is 9.14. The van der Waals surface area contributed by atoms with Gasteiger partial charge in [-0.1, -0.05) is 114 Å². The molecule has 1 amide bonds. The number of rotatable bonds is 11. The lowest BCUT2D eigenvalue weighted by atomic mass is 9.95. The van der Waals surface area contributed by atoms with Gasteiger partial charge in [-0.25, -0.2) is 0 Å². The highest BCUT2D eigenvalue weighted by Gasteiger charge is 2.48. The van der Waals surface area contributed by atoms with Gasteiger partial charge >= 0.3 is 5.91 Å². The minimum absolute atomic E-state index is 0.0611. The lowest BCUT2D eigenvalue weighted by Gasteiger charge is -2.23. The first-order valence-electron chi connectivity index (χ1n) is 15.9. The fourth-order valence-electron chi connectivity index (χ4n) is 5.63. The van der Waals surface area contributed by atoms with Crippen LogP contribution in [-0.4, -0.2) is 27.0 Å². The summed E-state index contributed by atoms with van der Waals surface area (Å²) in [6.45, 7) is 2.41. The smallest absolute Gasteiger partial charge is 0.301 e. The first kappa shape index (κ1) is 32.8. The third-order valence-corrected chi connectivity index (χ3v) is 10.1. The summed E-state index contributed by atoms with van der Waals surface area (Å²) in [6.07, 6.45) is 0. The molecule has 0 radical (unpaired) electrons. The second kappa shape index (κ2) is 14.8. The van der Waals surface area contributed by atoms with Crippen molar-refractivity contribution in [2.24, 2.45) is 0 Å². The SMILES string of the molecule is Cc1cccc(COc2ccc(C(O)=C3C(=O)C(=O)N(c4nnc(SCc5ccccc5)s4)C3c3cccc(Oc4ccccc4)c3)cc2)c1. The van der Waals surface area contributed by atoms with E-state index in [-0.39, 0.29) is 16.5 Å². The number of nitrogens with zero attached hydrogens (tertiary/aromatic N) is 3. The summed E-state index contributed by atoms with van der Waals surface area (Å²) in [5.41, 5.74) is 4.17. The maximum absolute atomic E-state index is 13.8. The molecule has 10 heteroatoms. The molecule has 0 spiro atoms. The average molecular weight is 698 g/mol. The van der Waals surface area contributed by atoms with Crippen LogP contribution in [0.4, 0.5) is 5.13 Å². The van der Waals surface area contributed by atoms with E-state index in [0.29, 0.717) is 45.1 Å². The van der Waals surface area contributed by atoms with E-state index in [9.17, 15) is 14.7 Å². The van der Waals surface area contributed by atoms with Gasteiger partial charge < -0.3 is 14.6 Å². The third kappa shape index (κ3) is 7.31. The molecule has 1 unspecified atom stereocenters. The second-order valence-corrected chi connectivity index (χ2v) is 13.8. The Morgan fingerprint density at radius 3 is 2.24 bits per heavy atom. The van der Waals surface area contributed by atoms with E-state index in [0.717, 1.165) is 16.7 Å². The van der Waals surface area contributed by atoms with Crippen molar-refractivity contribution in [1.82, 2.24) is 10.2 Å². The van der Waals surface area contributed by atoms with Gasteiger partial charge in [-0.05, 0) is 72.1 Å². The molecule has 1 aromatic heterocycles. The fraction of sp³-hybridized carbons (Fsp3) is 0.100. The van der Waals surface area contributed by atoms with E-state index in [1.807, 2.05) is 85.8 Å². The molecule has 8 nitrogen and oxygen atoms in total. The number of aromatic nitrogens is 2. The number of amides is 1. The van der Waals surface area contributed by atoms with Crippen LogP contribution in [0, 0.1) is 6.92 Å². The Bertz CT molecular complexity index is 2170. The zero-order valence-corrected chi connectivity index (χ0v) is 28.6. The van der Waals surface area contributed by atoms with Crippen LogP contribution in [0.3, 0.4) is 0 Å². The Balaban J connectivity index is 1.22. The molecule has 6 aromatic rings. The van der Waals surface area contributed by atoms with E-state index in [2.05, 4.69) is 16.3 Å². The number of anilines is 1. The Kier molecular flexibility index (Phi) is 9.72. The Hall–Kier alpha value is -5.71. The first-order chi connectivity index (χ1) is 24.4. The number of aliphatic hydroxyl groups excluding tert-OH is 1. The molecule has 0 aliphatic carbocycles. The number of aliphatic hydroxyl groups is 1. The van der Waals surface area contributed by atoms with Crippen molar-refractivity contribution in [3.63, 3.8) is 0 Å². The van der Waals surface area contributed by atoms with Crippen LogP contribution in [0.5, 0.6) is 17.2 Å². The van der Waals surface area contributed by atoms with Gasteiger partial charge in [0.25, 0.3) is 5.78 Å². The second-order valence-electron chi connectivity index (χ2n) is 11.6. The van der Waals surface area contributed by atoms with Crippen molar-refractivity contribution in [2.75, 3.05) is 4.90 Å². The highest BCUT2D eigenvalue weighted by atomic mass is 32.2. The topological polar surface area (TPSA) is 102 Å². The quantitative estimate of drug-likeness (QED) is 0.0470. The monoisotopic (exact) mass is 697 g/mol. The summed E-state index contributed by atoms with van der Waals surface area (Å²) in [4.78, 5) is 28.9. The molecule has 1 N–H and O–H groups in total. The van der Waals surface area contributed by atoms with Gasteiger partial charge in [0.1, 0.15) is 29.6 Å². The standard InChI is InChI=1S/C40H31N3O5S2/c1-26-10-8-13-28(22-26)24-47-31-20-18-29(19-21-31)36(44)34-35(30-14-9-17-33(23-30)48-32-15-6-3-7-16-32)43(38(46)37(34)45)39-41-42-40(50-39)49-25-27-11-4-2-5-12-27/h2-23,35,44H,24-25H2,1H3. The van der Waals surface area contributed by atoms with Gasteiger partial charge in [-0.2, -0.15) is 0 Å². The summed E-state index contributed by atoms with van der Waals surface area (Å²) >= 11 is 2.71. The largest absolute Gasteiger partial charge is 0.507 e. The molecule has 2 heterocycles. The molecule has 5 aromatic carbocycles. The number of carbonyl (C=O) groups excluding carboxylic acids is 2. The zero-order valence-electron chi connectivity index (χ0n) is 26.9. The van der Waals surface area contributed by atoms with Crippen molar-refractivity contribution >= 4 is 45.7 Å². The van der Waals surface area contributed by atoms with Gasteiger partial charge in [0.15, 0.2) is 4.34 Å². The van der Waals surface area contributed by atoms with E-state index in [1.54, 1.807) is 48.5 Å². The van der Waals surface area contributed by atoms with Crippen molar-refractivity contribution < 1.29 is 24.2 Å². The molecule has 248 valence electrons. The number of aryl methyl sites for hydroxylation is 1. The number of ketones is 1. The number of ether oxygens (including phenoxy) is 2. The Morgan fingerprint density at radius 1 is 0.780 bits per heavy atom. The number of hydrogen-bond acceptors (Lipinski definition) is 9. The molecule has 0 saturated carbocycles. The summed E-state index contributed by atoms with van der Waals surface area (Å²) in [6, 6.07) is 40.3. The lowest BCUT2D eigenvalue weighted by Crippen LogP contribution is -2.29. The maximum atomic E-state index is 13.8. The Morgan fingerprint density at radius 2 is 1.48 bits per heavy atom. The summed E-state index contributed by atoms with van der Waals surface area (Å²) in [5, 5.41) is 20.6. The molecule has 7 rings (SSSR count). The minimum Gasteiger partial charge on any atom is -0.507 e. The van der Waals surface area contributed by atoms with Crippen LogP contribution < -0.4 is 14.4 Å². The molecular weight excluding hydrogens is 667 g/mol. The molecule has 0 bridgehead atoms. The molecular formula is C40H31N3O5S2. The van der Waals surface area contributed by atoms with Crippen LogP contribution in [0.25, 0.3) is 5.76 Å². The number of thioether (sulfide) groups is 1. The molecule has 50 heavy (non-hydrogen) atoms. The van der Waals surface area contributed by atoms with Crippen LogP contribution >= 0.6 is 23.1 Å². The number of hydrogen-bond donors (Lipinski definition) is 1. The van der Waals surface area contributed by atoms with Crippen molar-refractivity contribution in [1.29, 1.82) is 0 Å².